The van der Waals surface area contributed by atoms with Crippen molar-refractivity contribution in [3.63, 3.8) is 0 Å². The fraction of sp³-hybridized carbons (Fsp3) is 0. The molecule has 5 heteroatoms. The van der Waals surface area contributed by atoms with Crippen LogP contribution >= 0.6 is 50.1 Å². The maximum atomic E-state index is 5.67. The predicted molar refractivity (Wildman–Crippen MR) is 54.1 cm³/mol. The maximum absolute atomic E-state index is 5.67. The first-order valence-electron chi connectivity index (χ1n) is 2.38. The predicted octanol–water partition coefficient (Wildman–Crippen LogP) is 2.68. The number of rotatable bonds is 0. The molecular formula is C5H3BrClIN2. The molecule has 1 rings (SSSR count). The number of aromatic nitrogens is 1. The van der Waals surface area contributed by atoms with Gasteiger partial charge in [0.15, 0.2) is 0 Å². The van der Waals surface area contributed by atoms with Gasteiger partial charge in [0.1, 0.15) is 5.15 Å². The molecule has 0 aliphatic rings. The molecule has 0 atom stereocenters. The molecular weight excluding hydrogens is 330 g/mol. The monoisotopic (exact) mass is 332 g/mol. The van der Waals surface area contributed by atoms with Crippen LogP contribution in [-0.2, 0) is 0 Å². The first-order valence-corrected chi connectivity index (χ1v) is 4.63. The number of nitrogen functional groups attached to an aromatic ring is 1. The highest BCUT2D eigenvalue weighted by Gasteiger charge is 2.04. The lowest BCUT2D eigenvalue weighted by atomic mass is 10.4. The first-order chi connectivity index (χ1) is 4.63. The smallest absolute Gasteiger partial charge is 0.144 e. The van der Waals surface area contributed by atoms with E-state index >= 15 is 0 Å². The largest absolute Gasteiger partial charge is 0.397 e. The van der Waals surface area contributed by atoms with Crippen LogP contribution in [0.5, 0.6) is 0 Å². The van der Waals surface area contributed by atoms with Gasteiger partial charge in [-0.25, -0.2) is 4.98 Å². The first kappa shape index (κ1) is 8.55. The van der Waals surface area contributed by atoms with Crippen LogP contribution in [0.1, 0.15) is 0 Å². The average molecular weight is 333 g/mol. The molecule has 2 nitrogen and oxygen atoms in total. The van der Waals surface area contributed by atoms with E-state index in [9.17, 15) is 0 Å². The summed E-state index contributed by atoms with van der Waals surface area (Å²) < 4.78 is 1.56. The van der Waals surface area contributed by atoms with Gasteiger partial charge in [-0.3, -0.25) is 0 Å². The zero-order valence-corrected chi connectivity index (χ0v) is 9.24. The van der Waals surface area contributed by atoms with Gasteiger partial charge in [-0.05, 0) is 38.5 Å². The van der Waals surface area contributed by atoms with Crippen molar-refractivity contribution < 1.29 is 0 Å². The second-order valence-electron chi connectivity index (χ2n) is 1.62. The summed E-state index contributed by atoms with van der Waals surface area (Å²) in [6.07, 6.45) is 1.58. The van der Waals surface area contributed by atoms with E-state index in [1.165, 1.54) is 0 Å². The Balaban J connectivity index is 3.34. The van der Waals surface area contributed by atoms with Gasteiger partial charge in [-0.1, -0.05) is 11.6 Å². The van der Waals surface area contributed by atoms with Crippen LogP contribution in [-0.4, -0.2) is 4.98 Å². The van der Waals surface area contributed by atoms with Crippen LogP contribution in [0, 0.1) is 3.57 Å². The molecule has 0 saturated heterocycles. The van der Waals surface area contributed by atoms with E-state index in [-0.39, 0.29) is 0 Å². The molecule has 0 aliphatic carbocycles. The van der Waals surface area contributed by atoms with Crippen LogP contribution in [0.2, 0.25) is 5.15 Å². The van der Waals surface area contributed by atoms with Gasteiger partial charge in [0.2, 0.25) is 0 Å². The summed E-state index contributed by atoms with van der Waals surface area (Å²) in [5.74, 6) is 0. The van der Waals surface area contributed by atoms with E-state index in [4.69, 9.17) is 17.3 Å². The van der Waals surface area contributed by atoms with Gasteiger partial charge < -0.3 is 5.73 Å². The summed E-state index contributed by atoms with van der Waals surface area (Å²) in [5, 5.41) is 0.446. The number of hydrogen-bond donors (Lipinski definition) is 1. The van der Waals surface area contributed by atoms with Crippen molar-refractivity contribution in [2.24, 2.45) is 0 Å². The van der Waals surface area contributed by atoms with Crippen molar-refractivity contribution in [2.75, 3.05) is 5.73 Å². The lowest BCUT2D eigenvalue weighted by Gasteiger charge is -2.00. The minimum absolute atomic E-state index is 0.446. The SMILES string of the molecule is Nc1c(Br)cnc(Cl)c1I. The molecule has 0 amide bonds. The number of pyridine rings is 1. The van der Waals surface area contributed by atoms with Gasteiger partial charge in [-0.2, -0.15) is 0 Å². The molecule has 0 spiro atoms. The van der Waals surface area contributed by atoms with Crippen molar-refractivity contribution in [3.8, 4) is 0 Å². The summed E-state index contributed by atoms with van der Waals surface area (Å²) in [6.45, 7) is 0. The normalized spacial score (nSPS) is 9.90. The zero-order valence-electron chi connectivity index (χ0n) is 4.74. The van der Waals surface area contributed by atoms with Gasteiger partial charge >= 0.3 is 0 Å². The quantitative estimate of drug-likeness (QED) is 0.586. The number of hydrogen-bond acceptors (Lipinski definition) is 2. The highest BCUT2D eigenvalue weighted by Crippen LogP contribution is 2.28. The van der Waals surface area contributed by atoms with Gasteiger partial charge in [-0.15, -0.1) is 0 Å². The van der Waals surface area contributed by atoms with E-state index in [0.717, 1.165) is 8.04 Å². The van der Waals surface area contributed by atoms with Crippen LogP contribution < -0.4 is 5.73 Å². The molecule has 0 aromatic carbocycles. The Morgan fingerprint density at radius 3 is 2.80 bits per heavy atom. The highest BCUT2D eigenvalue weighted by molar-refractivity contribution is 14.1. The highest BCUT2D eigenvalue weighted by atomic mass is 127. The molecule has 54 valence electrons. The molecule has 1 heterocycles. The number of anilines is 1. The third-order valence-corrected chi connectivity index (χ3v) is 3.30. The topological polar surface area (TPSA) is 38.9 Å². The molecule has 1 aromatic rings. The van der Waals surface area contributed by atoms with Crippen molar-refractivity contribution in [1.82, 2.24) is 4.98 Å². The van der Waals surface area contributed by atoms with Gasteiger partial charge in [0.25, 0.3) is 0 Å². The second kappa shape index (κ2) is 3.23. The summed E-state index contributed by atoms with van der Waals surface area (Å²) in [6, 6.07) is 0. The lowest BCUT2D eigenvalue weighted by Crippen LogP contribution is -1.93. The van der Waals surface area contributed by atoms with E-state index < -0.39 is 0 Å². The van der Waals surface area contributed by atoms with Crippen LogP contribution in [0.25, 0.3) is 0 Å². The Hall–Kier alpha value is 0.450. The van der Waals surface area contributed by atoms with Crippen molar-refractivity contribution in [2.45, 2.75) is 0 Å². The molecule has 0 saturated carbocycles. The Kier molecular flexibility index (Phi) is 2.76. The fourth-order valence-electron chi connectivity index (χ4n) is 0.456. The molecule has 10 heavy (non-hydrogen) atoms. The molecule has 1 aromatic heterocycles. The lowest BCUT2D eigenvalue weighted by molar-refractivity contribution is 1.29. The third-order valence-electron chi connectivity index (χ3n) is 0.966. The maximum Gasteiger partial charge on any atom is 0.144 e. The summed E-state index contributed by atoms with van der Waals surface area (Å²) in [4.78, 5) is 3.87. The van der Waals surface area contributed by atoms with E-state index in [1.807, 2.05) is 22.6 Å². The zero-order chi connectivity index (χ0) is 7.72. The number of nitrogens with two attached hydrogens (primary N) is 1. The van der Waals surface area contributed by atoms with Crippen LogP contribution in [0.15, 0.2) is 10.7 Å². The molecule has 0 fully saturated rings. The molecule has 0 unspecified atom stereocenters. The van der Waals surface area contributed by atoms with E-state index in [1.54, 1.807) is 6.20 Å². The summed E-state index contributed by atoms with van der Waals surface area (Å²) in [5.41, 5.74) is 6.24. The minimum atomic E-state index is 0.446. The summed E-state index contributed by atoms with van der Waals surface area (Å²) in [7, 11) is 0. The van der Waals surface area contributed by atoms with Gasteiger partial charge in [0.05, 0.1) is 13.7 Å². The van der Waals surface area contributed by atoms with Crippen molar-refractivity contribution in [3.05, 3.63) is 19.4 Å². The Morgan fingerprint density at radius 1 is 1.70 bits per heavy atom. The average Bonchev–Trinajstić information content (AvgIpc) is 1.93. The second-order valence-corrected chi connectivity index (χ2v) is 3.92. The Morgan fingerprint density at radius 2 is 2.30 bits per heavy atom. The van der Waals surface area contributed by atoms with Crippen molar-refractivity contribution in [1.29, 1.82) is 0 Å². The standard InChI is InChI=1S/C5H3BrClIN2/c6-2-1-10-5(7)3(8)4(2)9/h1H,(H2,9,10). The summed E-state index contributed by atoms with van der Waals surface area (Å²) >= 11 is 10.9. The number of halogens is 3. The molecule has 2 N–H and O–H groups in total. The Labute approximate surface area is 85.4 Å². The van der Waals surface area contributed by atoms with Crippen LogP contribution in [0.3, 0.4) is 0 Å². The van der Waals surface area contributed by atoms with Crippen LogP contribution in [0.4, 0.5) is 5.69 Å². The molecule has 0 aliphatic heterocycles. The van der Waals surface area contributed by atoms with E-state index in [0.29, 0.717) is 10.8 Å². The number of nitrogens with zero attached hydrogens (tertiary/aromatic N) is 1. The van der Waals surface area contributed by atoms with Crippen molar-refractivity contribution >= 4 is 55.8 Å². The minimum Gasteiger partial charge on any atom is -0.397 e. The third kappa shape index (κ3) is 1.54. The van der Waals surface area contributed by atoms with E-state index in [2.05, 4.69) is 20.9 Å². The fourth-order valence-corrected chi connectivity index (χ4v) is 1.71. The Bertz CT molecular complexity index is 239. The molecule has 0 radical (unpaired) electrons. The molecule has 0 bridgehead atoms. The van der Waals surface area contributed by atoms with Gasteiger partial charge in [0, 0.05) is 6.20 Å².